The molecule has 1 aliphatic rings. The monoisotopic (exact) mass is 438 g/mol. The van der Waals surface area contributed by atoms with E-state index in [4.69, 9.17) is 9.26 Å². The zero-order valence-electron chi connectivity index (χ0n) is 18.3. The lowest BCUT2D eigenvalue weighted by Crippen LogP contribution is -2.43. The number of halogens is 1. The zero-order valence-corrected chi connectivity index (χ0v) is 18.3. The molecule has 1 fully saturated rings. The molecule has 168 valence electrons. The summed E-state index contributed by atoms with van der Waals surface area (Å²) in [4.78, 5) is 21.4. The molecule has 1 aliphatic heterocycles. The van der Waals surface area contributed by atoms with E-state index in [0.717, 1.165) is 30.5 Å². The van der Waals surface area contributed by atoms with Crippen molar-refractivity contribution in [1.29, 1.82) is 0 Å². The van der Waals surface area contributed by atoms with Crippen molar-refractivity contribution in [2.75, 3.05) is 27.2 Å². The van der Waals surface area contributed by atoms with Crippen molar-refractivity contribution in [2.24, 2.45) is 5.92 Å². The van der Waals surface area contributed by atoms with Crippen molar-refractivity contribution in [3.05, 3.63) is 65.8 Å². The van der Waals surface area contributed by atoms with Crippen LogP contribution in [0, 0.1) is 11.7 Å². The maximum absolute atomic E-state index is 13.1. The maximum atomic E-state index is 13.1. The number of piperidine rings is 1. The summed E-state index contributed by atoms with van der Waals surface area (Å²) in [5, 5.41) is 4.04. The number of aromatic nitrogens is 2. The van der Waals surface area contributed by atoms with Crippen LogP contribution in [0.3, 0.4) is 0 Å². The molecular formula is C24H27FN4O3. The second-order valence-corrected chi connectivity index (χ2v) is 8.14. The largest absolute Gasteiger partial charge is 0.497 e. The molecule has 0 saturated carbocycles. The molecule has 1 atom stereocenters. The molecule has 1 amide bonds. The molecule has 1 saturated heterocycles. The van der Waals surface area contributed by atoms with Gasteiger partial charge < -0.3 is 14.2 Å². The molecule has 4 rings (SSSR count). The number of benzene rings is 2. The molecule has 0 aliphatic carbocycles. The van der Waals surface area contributed by atoms with Crippen LogP contribution in [0.4, 0.5) is 4.39 Å². The number of nitrogens with zero attached hydrogens (tertiary/aromatic N) is 4. The molecule has 1 aromatic heterocycles. The van der Waals surface area contributed by atoms with Crippen LogP contribution in [0.15, 0.2) is 53.1 Å². The number of carbonyl (C=O) groups is 1. The summed E-state index contributed by atoms with van der Waals surface area (Å²) < 4.78 is 23.8. The quantitative estimate of drug-likeness (QED) is 0.560. The Hall–Kier alpha value is -3.26. The molecule has 0 bridgehead atoms. The third kappa shape index (κ3) is 5.31. The normalized spacial score (nSPS) is 16.7. The van der Waals surface area contributed by atoms with Crippen LogP contribution in [0.5, 0.6) is 5.75 Å². The number of amides is 1. The summed E-state index contributed by atoms with van der Waals surface area (Å²) in [5.41, 5.74) is 1.83. The van der Waals surface area contributed by atoms with Crippen molar-refractivity contribution >= 4 is 5.91 Å². The Bertz CT molecular complexity index is 1050. The second-order valence-electron chi connectivity index (χ2n) is 8.14. The Labute approximate surface area is 186 Å². The van der Waals surface area contributed by atoms with E-state index in [1.54, 1.807) is 31.2 Å². The van der Waals surface area contributed by atoms with Crippen LogP contribution in [-0.2, 0) is 17.9 Å². The summed E-state index contributed by atoms with van der Waals surface area (Å²) in [6.07, 6.45) is 1.80. The van der Waals surface area contributed by atoms with E-state index < -0.39 is 0 Å². The van der Waals surface area contributed by atoms with Crippen LogP contribution >= 0.6 is 0 Å². The maximum Gasteiger partial charge on any atom is 0.246 e. The molecule has 8 heteroatoms. The SMILES string of the molecule is COc1cccc(-c2noc(CN(C)C(=O)[C@@H]3CCCN(Cc4ccc(F)cc4)C3)n2)c1. The molecule has 0 radical (unpaired) electrons. The van der Waals surface area contributed by atoms with Gasteiger partial charge in [0.1, 0.15) is 11.6 Å². The van der Waals surface area contributed by atoms with Crippen molar-refractivity contribution in [1.82, 2.24) is 19.9 Å². The van der Waals surface area contributed by atoms with Gasteiger partial charge in [0.25, 0.3) is 0 Å². The standard InChI is InChI=1S/C24H27FN4O3/c1-28(16-22-26-23(27-32-22)18-5-3-7-21(13-18)31-2)24(30)19-6-4-12-29(15-19)14-17-8-10-20(25)11-9-17/h3,5,7-11,13,19H,4,6,12,14-16H2,1-2H3/t19-/m1/s1. The molecule has 2 heterocycles. The minimum absolute atomic E-state index is 0.0648. The predicted molar refractivity (Wildman–Crippen MR) is 117 cm³/mol. The number of methoxy groups -OCH3 is 1. The van der Waals surface area contributed by atoms with Gasteiger partial charge in [0.05, 0.1) is 19.6 Å². The fraction of sp³-hybridized carbons (Fsp3) is 0.375. The molecular weight excluding hydrogens is 411 g/mol. The summed E-state index contributed by atoms with van der Waals surface area (Å²) in [7, 11) is 3.37. The van der Waals surface area contributed by atoms with Gasteiger partial charge in [0, 0.05) is 25.7 Å². The van der Waals surface area contributed by atoms with Gasteiger partial charge in [0.15, 0.2) is 0 Å². The number of carbonyl (C=O) groups excluding carboxylic acids is 1. The fourth-order valence-electron chi connectivity index (χ4n) is 4.04. The summed E-state index contributed by atoms with van der Waals surface area (Å²) >= 11 is 0. The van der Waals surface area contributed by atoms with Crippen LogP contribution < -0.4 is 4.74 Å². The lowest BCUT2D eigenvalue weighted by Gasteiger charge is -2.33. The predicted octanol–water partition coefficient (Wildman–Crippen LogP) is 3.75. The Morgan fingerprint density at radius 3 is 2.88 bits per heavy atom. The van der Waals surface area contributed by atoms with Gasteiger partial charge in [-0.15, -0.1) is 0 Å². The van der Waals surface area contributed by atoms with E-state index in [1.807, 2.05) is 24.3 Å². The smallest absolute Gasteiger partial charge is 0.246 e. The Morgan fingerprint density at radius 1 is 1.28 bits per heavy atom. The van der Waals surface area contributed by atoms with Crippen molar-refractivity contribution in [3.8, 4) is 17.1 Å². The van der Waals surface area contributed by atoms with Gasteiger partial charge in [-0.05, 0) is 49.2 Å². The molecule has 0 N–H and O–H groups in total. The van der Waals surface area contributed by atoms with Crippen LogP contribution in [0.2, 0.25) is 0 Å². The second kappa shape index (κ2) is 9.91. The zero-order chi connectivity index (χ0) is 22.5. The molecule has 32 heavy (non-hydrogen) atoms. The minimum Gasteiger partial charge on any atom is -0.497 e. The van der Waals surface area contributed by atoms with Crippen molar-refractivity contribution < 1.29 is 18.4 Å². The summed E-state index contributed by atoms with van der Waals surface area (Å²) in [6, 6.07) is 14.0. The number of likely N-dealkylation sites (tertiary alicyclic amines) is 1. The third-order valence-corrected chi connectivity index (χ3v) is 5.72. The van der Waals surface area contributed by atoms with Crippen LogP contribution in [0.1, 0.15) is 24.3 Å². The highest BCUT2D eigenvalue weighted by molar-refractivity contribution is 5.78. The van der Waals surface area contributed by atoms with E-state index >= 15 is 0 Å². The Morgan fingerprint density at radius 2 is 2.09 bits per heavy atom. The highest BCUT2D eigenvalue weighted by Crippen LogP contribution is 2.23. The van der Waals surface area contributed by atoms with E-state index in [-0.39, 0.29) is 24.2 Å². The first kappa shape index (κ1) is 22.0. The number of hydrogen-bond acceptors (Lipinski definition) is 6. The fourth-order valence-corrected chi connectivity index (χ4v) is 4.04. The Balaban J connectivity index is 1.35. The van der Waals surface area contributed by atoms with Gasteiger partial charge in [-0.2, -0.15) is 4.98 Å². The van der Waals surface area contributed by atoms with Gasteiger partial charge >= 0.3 is 0 Å². The van der Waals surface area contributed by atoms with E-state index in [2.05, 4.69) is 15.0 Å². The van der Waals surface area contributed by atoms with Gasteiger partial charge in [-0.25, -0.2) is 4.39 Å². The first-order valence-electron chi connectivity index (χ1n) is 10.7. The number of ether oxygens (including phenoxy) is 1. The van der Waals surface area contributed by atoms with Crippen molar-refractivity contribution in [3.63, 3.8) is 0 Å². The first-order chi connectivity index (χ1) is 15.5. The average Bonchev–Trinajstić information content (AvgIpc) is 3.29. The summed E-state index contributed by atoms with van der Waals surface area (Å²) in [6.45, 7) is 2.57. The van der Waals surface area contributed by atoms with E-state index in [0.29, 0.717) is 30.6 Å². The van der Waals surface area contributed by atoms with Gasteiger partial charge in [0.2, 0.25) is 17.6 Å². The van der Waals surface area contributed by atoms with Crippen LogP contribution in [0.25, 0.3) is 11.4 Å². The highest BCUT2D eigenvalue weighted by Gasteiger charge is 2.28. The van der Waals surface area contributed by atoms with Crippen LogP contribution in [-0.4, -0.2) is 53.1 Å². The van der Waals surface area contributed by atoms with E-state index in [1.165, 1.54) is 12.1 Å². The number of rotatable bonds is 7. The van der Waals surface area contributed by atoms with Gasteiger partial charge in [-0.3, -0.25) is 9.69 Å². The minimum atomic E-state index is -0.238. The van der Waals surface area contributed by atoms with Gasteiger partial charge in [-0.1, -0.05) is 29.4 Å². The van der Waals surface area contributed by atoms with Crippen molar-refractivity contribution in [2.45, 2.75) is 25.9 Å². The topological polar surface area (TPSA) is 71.7 Å². The molecule has 0 spiro atoms. The molecule has 3 aromatic rings. The number of hydrogen-bond donors (Lipinski definition) is 0. The Kier molecular flexibility index (Phi) is 6.80. The summed E-state index contributed by atoms with van der Waals surface area (Å²) in [5.74, 6) is 1.30. The lowest BCUT2D eigenvalue weighted by molar-refractivity contribution is -0.137. The highest BCUT2D eigenvalue weighted by atomic mass is 19.1. The molecule has 0 unspecified atom stereocenters. The molecule has 2 aromatic carbocycles. The molecule has 7 nitrogen and oxygen atoms in total. The average molecular weight is 439 g/mol. The first-order valence-corrected chi connectivity index (χ1v) is 10.7. The lowest BCUT2D eigenvalue weighted by atomic mass is 9.96. The third-order valence-electron chi connectivity index (χ3n) is 5.72. The van der Waals surface area contributed by atoms with E-state index in [9.17, 15) is 9.18 Å².